The fourth-order valence-electron chi connectivity index (χ4n) is 1.11. The van der Waals surface area contributed by atoms with Gasteiger partial charge in [0.05, 0.1) is 10.7 Å². The zero-order valence-corrected chi connectivity index (χ0v) is 11.1. The molecule has 2 nitrogen and oxygen atoms in total. The lowest BCUT2D eigenvalue weighted by Crippen LogP contribution is -2.57. The van der Waals surface area contributed by atoms with Crippen LogP contribution < -0.4 is 5.32 Å². The van der Waals surface area contributed by atoms with Gasteiger partial charge in [-0.25, -0.2) is 0 Å². The summed E-state index contributed by atoms with van der Waals surface area (Å²) in [5.41, 5.74) is -0.633. The third-order valence-electron chi connectivity index (χ3n) is 2.21. The van der Waals surface area contributed by atoms with Gasteiger partial charge in [0, 0.05) is 5.02 Å². The first kappa shape index (κ1) is 17.8. The molecular weight excluding hydrogens is 354 g/mol. The van der Waals surface area contributed by atoms with Crippen LogP contribution >= 0.6 is 23.2 Å². The molecule has 0 aromatic heterocycles. The molecule has 0 fully saturated rings. The maximum absolute atomic E-state index is 13.1. The lowest BCUT2D eigenvalue weighted by atomic mass is 10.1. The van der Waals surface area contributed by atoms with Crippen LogP contribution in [0.4, 0.5) is 36.4 Å². The zero-order valence-electron chi connectivity index (χ0n) is 9.54. The lowest BCUT2D eigenvalue weighted by molar-refractivity contribution is -0.343. The third-order valence-corrected chi connectivity index (χ3v) is 2.78. The SMILES string of the molecule is O=C(Nc1cc(Cl)ccc1Cl)C(F)(F)C(F)(F)C(F)(F)F. The molecule has 1 aromatic rings. The average Bonchev–Trinajstić information content (AvgIpc) is 2.32. The van der Waals surface area contributed by atoms with Gasteiger partial charge in [-0.2, -0.15) is 30.7 Å². The van der Waals surface area contributed by atoms with Crippen molar-refractivity contribution >= 4 is 34.8 Å². The van der Waals surface area contributed by atoms with Gasteiger partial charge in [-0.15, -0.1) is 0 Å². The van der Waals surface area contributed by atoms with Crippen LogP contribution in [0.15, 0.2) is 18.2 Å². The van der Waals surface area contributed by atoms with E-state index in [1.807, 2.05) is 0 Å². The van der Waals surface area contributed by atoms with Crippen LogP contribution in [0.25, 0.3) is 0 Å². The van der Waals surface area contributed by atoms with Gasteiger partial charge < -0.3 is 5.32 Å². The molecular formula is C10H4Cl2F7NO. The van der Waals surface area contributed by atoms with Crippen molar-refractivity contribution in [3.8, 4) is 0 Å². The standard InChI is InChI=1S/C10H4Cl2F7NO/c11-4-1-2-5(12)6(3-4)20-7(21)8(13,14)9(15,16)10(17,18)19/h1-3H,(H,20,21). The van der Waals surface area contributed by atoms with Gasteiger partial charge in [0.2, 0.25) is 0 Å². The summed E-state index contributed by atoms with van der Waals surface area (Å²) in [6.45, 7) is 0. The van der Waals surface area contributed by atoms with E-state index in [2.05, 4.69) is 0 Å². The molecule has 0 saturated carbocycles. The number of hydrogen-bond donors (Lipinski definition) is 1. The molecule has 118 valence electrons. The van der Waals surface area contributed by atoms with E-state index >= 15 is 0 Å². The molecule has 1 rings (SSSR count). The number of carbonyl (C=O) groups excluding carboxylic acids is 1. The van der Waals surface area contributed by atoms with Gasteiger partial charge in [0.15, 0.2) is 0 Å². The highest BCUT2D eigenvalue weighted by molar-refractivity contribution is 6.35. The Labute approximate surface area is 122 Å². The van der Waals surface area contributed by atoms with Crippen LogP contribution in [0.2, 0.25) is 10.0 Å². The Hall–Kier alpha value is -1.22. The van der Waals surface area contributed by atoms with Crippen molar-refractivity contribution in [2.24, 2.45) is 0 Å². The summed E-state index contributed by atoms with van der Waals surface area (Å²) in [4.78, 5) is 11.0. The summed E-state index contributed by atoms with van der Waals surface area (Å²) in [7, 11) is 0. The lowest BCUT2D eigenvalue weighted by Gasteiger charge is -2.27. The van der Waals surface area contributed by atoms with E-state index in [-0.39, 0.29) is 10.0 Å². The molecule has 0 atom stereocenters. The molecule has 0 aliphatic heterocycles. The monoisotopic (exact) mass is 357 g/mol. The Bertz CT molecular complexity index is 559. The summed E-state index contributed by atoms with van der Waals surface area (Å²) in [5.74, 6) is -15.4. The van der Waals surface area contributed by atoms with E-state index in [0.717, 1.165) is 12.1 Å². The van der Waals surface area contributed by atoms with Gasteiger partial charge in [-0.1, -0.05) is 23.2 Å². The van der Waals surface area contributed by atoms with Crippen LogP contribution in [0.3, 0.4) is 0 Å². The molecule has 0 bridgehead atoms. The van der Waals surface area contributed by atoms with Crippen molar-refractivity contribution in [2.45, 2.75) is 18.0 Å². The minimum Gasteiger partial charge on any atom is -0.319 e. The maximum Gasteiger partial charge on any atom is 0.460 e. The second-order valence-corrected chi connectivity index (χ2v) is 4.57. The molecule has 0 unspecified atom stereocenters. The normalized spacial score (nSPS) is 13.2. The van der Waals surface area contributed by atoms with E-state index < -0.39 is 29.6 Å². The molecule has 21 heavy (non-hydrogen) atoms. The average molecular weight is 358 g/mol. The molecule has 0 saturated heterocycles. The smallest absolute Gasteiger partial charge is 0.319 e. The van der Waals surface area contributed by atoms with Crippen molar-refractivity contribution in [3.05, 3.63) is 28.2 Å². The predicted molar refractivity (Wildman–Crippen MR) is 61.0 cm³/mol. The quantitative estimate of drug-likeness (QED) is 0.776. The number of alkyl halides is 7. The molecule has 0 aliphatic rings. The van der Waals surface area contributed by atoms with Crippen LogP contribution in [-0.2, 0) is 4.79 Å². The number of benzene rings is 1. The molecule has 0 heterocycles. The van der Waals surface area contributed by atoms with E-state index in [1.165, 1.54) is 11.4 Å². The van der Waals surface area contributed by atoms with Gasteiger partial charge in [0.25, 0.3) is 0 Å². The maximum atomic E-state index is 13.1. The van der Waals surface area contributed by atoms with Crippen molar-refractivity contribution in [3.63, 3.8) is 0 Å². The Morgan fingerprint density at radius 2 is 1.52 bits per heavy atom. The Morgan fingerprint density at radius 3 is 2.00 bits per heavy atom. The second-order valence-electron chi connectivity index (χ2n) is 3.72. The van der Waals surface area contributed by atoms with E-state index in [4.69, 9.17) is 23.2 Å². The van der Waals surface area contributed by atoms with Crippen LogP contribution in [0, 0.1) is 0 Å². The third kappa shape index (κ3) is 3.34. The van der Waals surface area contributed by atoms with Crippen LogP contribution in [0.1, 0.15) is 0 Å². The number of anilines is 1. The van der Waals surface area contributed by atoms with Crippen LogP contribution in [-0.4, -0.2) is 23.9 Å². The molecule has 11 heteroatoms. The molecule has 0 radical (unpaired) electrons. The molecule has 1 N–H and O–H groups in total. The van der Waals surface area contributed by atoms with Gasteiger partial charge in [0.1, 0.15) is 0 Å². The largest absolute Gasteiger partial charge is 0.460 e. The Balaban J connectivity index is 3.10. The van der Waals surface area contributed by atoms with Gasteiger partial charge in [-0.3, -0.25) is 4.79 Å². The predicted octanol–water partition coefficient (Wildman–Crippen LogP) is 4.76. The van der Waals surface area contributed by atoms with Crippen molar-refractivity contribution in [2.75, 3.05) is 5.32 Å². The Kier molecular flexibility index (Phi) is 4.69. The first-order valence-electron chi connectivity index (χ1n) is 4.89. The van der Waals surface area contributed by atoms with Crippen molar-refractivity contribution in [1.82, 2.24) is 0 Å². The first-order valence-corrected chi connectivity index (χ1v) is 5.65. The van der Waals surface area contributed by atoms with Gasteiger partial charge in [-0.05, 0) is 18.2 Å². The number of carbonyl (C=O) groups is 1. The minimum absolute atomic E-state index is 0.111. The van der Waals surface area contributed by atoms with E-state index in [9.17, 15) is 35.5 Å². The van der Waals surface area contributed by atoms with Crippen molar-refractivity contribution < 1.29 is 35.5 Å². The highest BCUT2D eigenvalue weighted by atomic mass is 35.5. The van der Waals surface area contributed by atoms with Crippen molar-refractivity contribution in [1.29, 1.82) is 0 Å². The van der Waals surface area contributed by atoms with Gasteiger partial charge >= 0.3 is 23.9 Å². The number of amides is 1. The topological polar surface area (TPSA) is 29.1 Å². The number of halogens is 9. The number of hydrogen-bond acceptors (Lipinski definition) is 1. The zero-order chi connectivity index (χ0) is 16.6. The van der Waals surface area contributed by atoms with E-state index in [0.29, 0.717) is 0 Å². The fraction of sp³-hybridized carbons (Fsp3) is 0.300. The summed E-state index contributed by atoms with van der Waals surface area (Å²) in [6, 6.07) is 3.02. The summed E-state index contributed by atoms with van der Waals surface area (Å²) < 4.78 is 87.1. The fourth-order valence-corrected chi connectivity index (χ4v) is 1.45. The molecule has 0 aliphatic carbocycles. The summed E-state index contributed by atoms with van der Waals surface area (Å²) in [5, 5.41) is 0.698. The minimum atomic E-state index is -6.61. The molecule has 1 aromatic carbocycles. The first-order chi connectivity index (χ1) is 9.30. The van der Waals surface area contributed by atoms with E-state index in [1.54, 1.807) is 0 Å². The number of rotatable bonds is 3. The molecule has 1 amide bonds. The highest BCUT2D eigenvalue weighted by Gasteiger charge is 2.76. The Morgan fingerprint density at radius 1 is 1.00 bits per heavy atom. The van der Waals surface area contributed by atoms with Crippen LogP contribution in [0.5, 0.6) is 0 Å². The summed E-state index contributed by atoms with van der Waals surface area (Å²) >= 11 is 10.9. The summed E-state index contributed by atoms with van der Waals surface area (Å²) in [6.07, 6.45) is -6.61. The molecule has 0 spiro atoms. The second kappa shape index (κ2) is 5.53. The highest BCUT2D eigenvalue weighted by Crippen LogP contribution is 2.47. The number of nitrogens with one attached hydrogen (secondary N) is 1.